The summed E-state index contributed by atoms with van der Waals surface area (Å²) in [7, 11) is 0. The molecule has 1 aromatic carbocycles. The van der Waals surface area contributed by atoms with E-state index in [-0.39, 0.29) is 0 Å². The monoisotopic (exact) mass is 336 g/mol. The minimum atomic E-state index is 0.712. The summed E-state index contributed by atoms with van der Waals surface area (Å²) in [5.41, 5.74) is 5.01. The molecule has 0 aliphatic heterocycles. The second-order valence-electron chi connectivity index (χ2n) is 4.87. The predicted molar refractivity (Wildman–Crippen MR) is 88.3 cm³/mol. The highest BCUT2D eigenvalue weighted by molar-refractivity contribution is 9.10. The van der Waals surface area contributed by atoms with Crippen molar-refractivity contribution in [3.63, 3.8) is 0 Å². The lowest BCUT2D eigenvalue weighted by Crippen LogP contribution is -1.97. The lowest BCUT2D eigenvalue weighted by Gasteiger charge is -2.15. The van der Waals surface area contributed by atoms with Gasteiger partial charge in [0.25, 0.3) is 0 Å². The van der Waals surface area contributed by atoms with Gasteiger partial charge in [-0.1, -0.05) is 30.3 Å². The summed E-state index contributed by atoms with van der Waals surface area (Å²) in [5, 5.41) is 9.25. The average Bonchev–Trinajstić information content (AvgIpc) is 2.55. The van der Waals surface area contributed by atoms with Gasteiger partial charge in [-0.3, -0.25) is 0 Å². The van der Waals surface area contributed by atoms with Gasteiger partial charge in [0.2, 0.25) is 0 Å². The Morgan fingerprint density at radius 2 is 1.95 bits per heavy atom. The summed E-state index contributed by atoms with van der Waals surface area (Å²) < 4.78 is 0.842. The molecule has 2 aromatic rings. The molecule has 0 fully saturated rings. The Labute approximate surface area is 132 Å². The molecule has 0 atom stereocenters. The summed E-state index contributed by atoms with van der Waals surface area (Å²) in [6.07, 6.45) is 6.28. The number of nitriles is 1. The fraction of sp³-hybridized carbons (Fsp3) is 0.111. The first-order valence-corrected chi connectivity index (χ1v) is 7.60. The van der Waals surface area contributed by atoms with Crippen molar-refractivity contribution in [1.29, 1.82) is 5.26 Å². The Bertz CT molecular complexity index is 782. The normalized spacial score (nSPS) is 14.1. The van der Waals surface area contributed by atoms with Crippen LogP contribution >= 0.6 is 15.9 Å². The van der Waals surface area contributed by atoms with Crippen LogP contribution in [0, 0.1) is 11.3 Å². The van der Waals surface area contributed by atoms with Crippen molar-refractivity contribution >= 4 is 27.1 Å². The number of nitrogens with zero attached hydrogens (tertiary/aromatic N) is 2. The van der Waals surface area contributed by atoms with Crippen molar-refractivity contribution in [2.75, 3.05) is 0 Å². The van der Waals surface area contributed by atoms with Crippen LogP contribution in [0.5, 0.6) is 0 Å². The molecule has 1 aliphatic carbocycles. The number of halogens is 1. The third-order valence-corrected chi connectivity index (χ3v) is 3.95. The largest absolute Gasteiger partial charge is 0.241 e. The van der Waals surface area contributed by atoms with Crippen LogP contribution in [0.4, 0.5) is 0 Å². The topological polar surface area (TPSA) is 36.7 Å². The van der Waals surface area contributed by atoms with E-state index >= 15 is 0 Å². The van der Waals surface area contributed by atoms with Crippen molar-refractivity contribution < 1.29 is 0 Å². The molecule has 0 spiro atoms. The Morgan fingerprint density at radius 1 is 1.10 bits per heavy atom. The molecule has 21 heavy (non-hydrogen) atoms. The molecule has 0 N–H and O–H groups in total. The minimum Gasteiger partial charge on any atom is -0.241 e. The van der Waals surface area contributed by atoms with Crippen molar-refractivity contribution in [2.45, 2.75) is 12.8 Å². The van der Waals surface area contributed by atoms with Crippen LogP contribution in [0.15, 0.2) is 59.2 Å². The van der Waals surface area contributed by atoms with Gasteiger partial charge in [0.05, 0.1) is 17.3 Å². The fourth-order valence-electron chi connectivity index (χ4n) is 2.51. The zero-order valence-corrected chi connectivity index (χ0v) is 13.0. The molecule has 2 nitrogen and oxygen atoms in total. The number of aromatic nitrogens is 1. The van der Waals surface area contributed by atoms with Gasteiger partial charge in [-0.15, -0.1) is 0 Å². The third kappa shape index (κ3) is 2.96. The number of benzene rings is 1. The fourth-order valence-corrected chi connectivity index (χ4v) is 2.85. The van der Waals surface area contributed by atoms with Gasteiger partial charge in [-0.05, 0) is 69.8 Å². The number of rotatable bonds is 2. The van der Waals surface area contributed by atoms with E-state index < -0.39 is 0 Å². The van der Waals surface area contributed by atoms with Crippen LogP contribution < -0.4 is 0 Å². The van der Waals surface area contributed by atoms with Crippen LogP contribution in [0.25, 0.3) is 11.1 Å². The molecule has 0 unspecified atom stereocenters. The van der Waals surface area contributed by atoms with E-state index in [1.54, 1.807) is 0 Å². The maximum absolute atomic E-state index is 9.25. The first-order chi connectivity index (χ1) is 10.3. The van der Waals surface area contributed by atoms with Gasteiger partial charge in [0.15, 0.2) is 0 Å². The van der Waals surface area contributed by atoms with E-state index in [0.717, 1.165) is 34.3 Å². The quantitative estimate of drug-likeness (QED) is 0.725. The van der Waals surface area contributed by atoms with Crippen LogP contribution in [0.1, 0.15) is 29.7 Å². The smallest absolute Gasteiger partial charge is 0.106 e. The van der Waals surface area contributed by atoms with Crippen LogP contribution in [-0.2, 0) is 0 Å². The zero-order chi connectivity index (χ0) is 14.7. The molecular weight excluding hydrogens is 324 g/mol. The van der Waals surface area contributed by atoms with Gasteiger partial charge in [-0.25, -0.2) is 4.98 Å². The van der Waals surface area contributed by atoms with E-state index in [1.807, 2.05) is 42.5 Å². The highest BCUT2D eigenvalue weighted by Crippen LogP contribution is 2.31. The van der Waals surface area contributed by atoms with Crippen molar-refractivity contribution in [3.8, 4) is 6.07 Å². The number of hydrogen-bond donors (Lipinski definition) is 0. The number of allylic oxidation sites excluding steroid dienone is 4. The highest BCUT2D eigenvalue weighted by atomic mass is 79.9. The molecular formula is C18H13BrN2. The van der Waals surface area contributed by atoms with E-state index in [1.165, 1.54) is 5.57 Å². The summed E-state index contributed by atoms with van der Waals surface area (Å²) in [5.74, 6) is 0. The van der Waals surface area contributed by atoms with Crippen molar-refractivity contribution in [2.24, 2.45) is 0 Å². The maximum atomic E-state index is 9.25. The third-order valence-electron chi connectivity index (χ3n) is 3.51. The van der Waals surface area contributed by atoms with Gasteiger partial charge >= 0.3 is 0 Å². The van der Waals surface area contributed by atoms with Crippen LogP contribution in [0.3, 0.4) is 0 Å². The molecule has 0 amide bonds. The molecule has 0 bridgehead atoms. The van der Waals surface area contributed by atoms with Gasteiger partial charge in [-0.2, -0.15) is 5.26 Å². The molecule has 1 heterocycles. The summed E-state index contributed by atoms with van der Waals surface area (Å²) in [6.45, 7) is 0. The van der Waals surface area contributed by atoms with E-state index in [9.17, 15) is 5.26 Å². The molecule has 0 saturated heterocycles. The lowest BCUT2D eigenvalue weighted by atomic mass is 9.91. The predicted octanol–water partition coefficient (Wildman–Crippen LogP) is 4.98. The second kappa shape index (κ2) is 6.07. The highest BCUT2D eigenvalue weighted by Gasteiger charge is 2.12. The van der Waals surface area contributed by atoms with Gasteiger partial charge < -0.3 is 0 Å². The van der Waals surface area contributed by atoms with Crippen molar-refractivity contribution in [3.05, 3.63) is 76.0 Å². The standard InChI is InChI=1S/C18H13BrN2/c19-18-10-4-9-17(21-18)14-7-3-6-13(11-14)16-8-2-1-5-15(16)12-20/h1-2,4-6,8-11H,3,7H2. The Morgan fingerprint density at radius 3 is 2.76 bits per heavy atom. The zero-order valence-electron chi connectivity index (χ0n) is 11.4. The summed E-state index contributed by atoms with van der Waals surface area (Å²) >= 11 is 3.42. The Kier molecular flexibility index (Phi) is 3.98. The van der Waals surface area contributed by atoms with Gasteiger partial charge in [0.1, 0.15) is 4.60 Å². The maximum Gasteiger partial charge on any atom is 0.106 e. The van der Waals surface area contributed by atoms with Crippen molar-refractivity contribution in [1.82, 2.24) is 4.98 Å². The summed E-state index contributed by atoms with van der Waals surface area (Å²) in [4.78, 5) is 4.52. The second-order valence-corrected chi connectivity index (χ2v) is 5.68. The minimum absolute atomic E-state index is 0.712. The Hall–Kier alpha value is -2.18. The first kappa shape index (κ1) is 13.8. The summed E-state index contributed by atoms with van der Waals surface area (Å²) in [6, 6.07) is 15.9. The molecule has 1 aromatic heterocycles. The first-order valence-electron chi connectivity index (χ1n) is 6.81. The van der Waals surface area contributed by atoms with Crippen LogP contribution in [0.2, 0.25) is 0 Å². The molecule has 0 radical (unpaired) electrons. The van der Waals surface area contributed by atoms with E-state index in [4.69, 9.17) is 0 Å². The van der Waals surface area contributed by atoms with Gasteiger partial charge in [0, 0.05) is 0 Å². The van der Waals surface area contributed by atoms with E-state index in [0.29, 0.717) is 5.56 Å². The number of hydrogen-bond acceptors (Lipinski definition) is 2. The molecule has 1 aliphatic rings. The SMILES string of the molecule is N#Cc1ccccc1C1=CCCC(c2cccc(Br)n2)=C1. The molecule has 3 rings (SSSR count). The average molecular weight is 337 g/mol. The van der Waals surface area contributed by atoms with E-state index in [2.05, 4.69) is 39.1 Å². The molecule has 102 valence electrons. The molecule has 3 heteroatoms. The van der Waals surface area contributed by atoms with Crippen LogP contribution in [-0.4, -0.2) is 4.98 Å². The number of pyridine rings is 1. The molecule has 0 saturated carbocycles. The Balaban J connectivity index is 2.02. The lowest BCUT2D eigenvalue weighted by molar-refractivity contribution is 1.04.